The lowest BCUT2D eigenvalue weighted by Gasteiger charge is -2.05. The van der Waals surface area contributed by atoms with E-state index in [0.717, 1.165) is 24.2 Å². The number of anilines is 2. The lowest BCUT2D eigenvalue weighted by atomic mass is 10.0. The van der Waals surface area contributed by atoms with Crippen LogP contribution < -0.4 is 11.1 Å². The van der Waals surface area contributed by atoms with Crippen molar-refractivity contribution >= 4 is 17.3 Å². The number of aryl methyl sites for hydroxylation is 2. The number of carbonyl (C=O) groups excluding carboxylic acids is 1. The highest BCUT2D eigenvalue weighted by Gasteiger charge is 1.98. The highest BCUT2D eigenvalue weighted by Crippen LogP contribution is 2.13. The first-order valence-corrected chi connectivity index (χ1v) is 6.34. The van der Waals surface area contributed by atoms with Crippen molar-refractivity contribution in [3.8, 4) is 0 Å². The minimum absolute atomic E-state index is 0.0466. The van der Waals surface area contributed by atoms with Crippen molar-refractivity contribution in [2.45, 2.75) is 19.8 Å². The molecule has 98 valence electrons. The van der Waals surface area contributed by atoms with Gasteiger partial charge >= 0.3 is 0 Å². The molecule has 0 bridgehead atoms. The Morgan fingerprint density at radius 2 is 1.42 bits per heavy atom. The Labute approximate surface area is 113 Å². The summed E-state index contributed by atoms with van der Waals surface area (Å²) in [6, 6.07) is 15.9. The summed E-state index contributed by atoms with van der Waals surface area (Å²) in [4.78, 5) is 10.9. The van der Waals surface area contributed by atoms with E-state index >= 15 is 0 Å². The summed E-state index contributed by atoms with van der Waals surface area (Å²) in [5.74, 6) is -0.0466. The van der Waals surface area contributed by atoms with Crippen LogP contribution in [0.5, 0.6) is 0 Å². The van der Waals surface area contributed by atoms with Gasteiger partial charge in [-0.2, -0.15) is 0 Å². The minimum atomic E-state index is -0.0466. The molecule has 0 fully saturated rings. The second-order valence-corrected chi connectivity index (χ2v) is 4.62. The van der Waals surface area contributed by atoms with E-state index < -0.39 is 0 Å². The van der Waals surface area contributed by atoms with E-state index in [1.54, 1.807) is 0 Å². The molecule has 19 heavy (non-hydrogen) atoms. The van der Waals surface area contributed by atoms with Crippen molar-refractivity contribution in [1.29, 1.82) is 0 Å². The molecule has 0 aromatic heterocycles. The predicted molar refractivity (Wildman–Crippen MR) is 79.0 cm³/mol. The standard InChI is InChI=1S/C16H18N2O/c1-12(19)18-16-10-6-14(7-11-16)3-2-13-4-8-15(17)9-5-13/h4-11H,2-3,17H2,1H3,(H,18,19). The fraction of sp³-hybridized carbons (Fsp3) is 0.188. The van der Waals surface area contributed by atoms with Gasteiger partial charge in [-0.05, 0) is 48.2 Å². The zero-order chi connectivity index (χ0) is 13.7. The third kappa shape index (κ3) is 4.14. The summed E-state index contributed by atoms with van der Waals surface area (Å²) in [5.41, 5.74) is 9.82. The first-order chi connectivity index (χ1) is 9.13. The number of nitrogens with one attached hydrogen (secondary N) is 1. The van der Waals surface area contributed by atoms with Crippen LogP contribution in [0.15, 0.2) is 48.5 Å². The van der Waals surface area contributed by atoms with Crippen molar-refractivity contribution < 1.29 is 4.79 Å². The molecule has 2 aromatic rings. The van der Waals surface area contributed by atoms with E-state index in [1.807, 2.05) is 36.4 Å². The Hall–Kier alpha value is -2.29. The minimum Gasteiger partial charge on any atom is -0.399 e. The average molecular weight is 254 g/mol. The SMILES string of the molecule is CC(=O)Nc1ccc(CCc2ccc(N)cc2)cc1. The van der Waals surface area contributed by atoms with Crippen molar-refractivity contribution in [1.82, 2.24) is 0 Å². The van der Waals surface area contributed by atoms with Gasteiger partial charge in [0.2, 0.25) is 5.91 Å². The molecule has 3 N–H and O–H groups in total. The summed E-state index contributed by atoms with van der Waals surface area (Å²) in [6.45, 7) is 1.51. The van der Waals surface area contributed by atoms with Crippen LogP contribution in [-0.2, 0) is 17.6 Å². The second-order valence-electron chi connectivity index (χ2n) is 4.62. The number of rotatable bonds is 4. The summed E-state index contributed by atoms with van der Waals surface area (Å²) in [6.07, 6.45) is 1.96. The zero-order valence-corrected chi connectivity index (χ0v) is 11.0. The zero-order valence-electron chi connectivity index (χ0n) is 11.0. The summed E-state index contributed by atoms with van der Waals surface area (Å²) < 4.78 is 0. The molecule has 0 heterocycles. The second kappa shape index (κ2) is 6.05. The van der Waals surface area contributed by atoms with Gasteiger partial charge < -0.3 is 11.1 Å². The quantitative estimate of drug-likeness (QED) is 0.824. The number of hydrogen-bond acceptors (Lipinski definition) is 2. The van der Waals surface area contributed by atoms with Crippen molar-refractivity contribution in [2.75, 3.05) is 11.1 Å². The van der Waals surface area contributed by atoms with Crippen molar-refractivity contribution in [2.24, 2.45) is 0 Å². The van der Waals surface area contributed by atoms with Gasteiger partial charge in [0.05, 0.1) is 0 Å². The first-order valence-electron chi connectivity index (χ1n) is 6.34. The molecule has 3 heteroatoms. The first kappa shape index (κ1) is 13.1. The fourth-order valence-electron chi connectivity index (χ4n) is 1.93. The van der Waals surface area contributed by atoms with Crippen LogP contribution >= 0.6 is 0 Å². The molecule has 0 spiro atoms. The van der Waals surface area contributed by atoms with Crippen LogP contribution in [0.2, 0.25) is 0 Å². The van der Waals surface area contributed by atoms with E-state index in [4.69, 9.17) is 5.73 Å². The summed E-state index contributed by atoms with van der Waals surface area (Å²) in [7, 11) is 0. The number of amides is 1. The Morgan fingerprint density at radius 3 is 1.89 bits per heavy atom. The van der Waals surface area contributed by atoms with Gasteiger partial charge in [-0.1, -0.05) is 24.3 Å². The lowest BCUT2D eigenvalue weighted by Crippen LogP contribution is -2.05. The van der Waals surface area contributed by atoms with Crippen LogP contribution in [0, 0.1) is 0 Å². The van der Waals surface area contributed by atoms with Crippen LogP contribution in [0.3, 0.4) is 0 Å². The number of benzene rings is 2. The van der Waals surface area contributed by atoms with Gasteiger partial charge in [0.25, 0.3) is 0 Å². The molecule has 2 aromatic carbocycles. The van der Waals surface area contributed by atoms with Gasteiger partial charge in [0, 0.05) is 18.3 Å². The Kier molecular flexibility index (Phi) is 4.18. The number of nitrogen functional groups attached to an aromatic ring is 1. The van der Waals surface area contributed by atoms with Gasteiger partial charge in [-0.3, -0.25) is 4.79 Å². The smallest absolute Gasteiger partial charge is 0.221 e. The fourth-order valence-corrected chi connectivity index (χ4v) is 1.93. The molecular weight excluding hydrogens is 236 g/mol. The Balaban J connectivity index is 1.92. The van der Waals surface area contributed by atoms with E-state index in [-0.39, 0.29) is 5.91 Å². The largest absolute Gasteiger partial charge is 0.399 e. The molecule has 0 saturated heterocycles. The summed E-state index contributed by atoms with van der Waals surface area (Å²) >= 11 is 0. The molecule has 2 rings (SSSR count). The highest BCUT2D eigenvalue weighted by atomic mass is 16.1. The van der Waals surface area contributed by atoms with E-state index in [2.05, 4.69) is 17.4 Å². The highest BCUT2D eigenvalue weighted by molar-refractivity contribution is 5.88. The van der Waals surface area contributed by atoms with Crippen LogP contribution in [0.25, 0.3) is 0 Å². The maximum absolute atomic E-state index is 10.9. The van der Waals surface area contributed by atoms with Gasteiger partial charge in [0.15, 0.2) is 0 Å². The number of hydrogen-bond donors (Lipinski definition) is 2. The molecule has 0 atom stereocenters. The van der Waals surface area contributed by atoms with Gasteiger partial charge in [0.1, 0.15) is 0 Å². The lowest BCUT2D eigenvalue weighted by molar-refractivity contribution is -0.114. The third-order valence-corrected chi connectivity index (χ3v) is 2.96. The Bertz CT molecular complexity index is 544. The van der Waals surface area contributed by atoms with Crippen LogP contribution in [-0.4, -0.2) is 5.91 Å². The predicted octanol–water partition coefficient (Wildman–Crippen LogP) is 3.01. The monoisotopic (exact) mass is 254 g/mol. The van der Waals surface area contributed by atoms with E-state index in [9.17, 15) is 4.79 Å². The number of carbonyl (C=O) groups is 1. The third-order valence-electron chi connectivity index (χ3n) is 2.96. The molecular formula is C16H18N2O. The van der Waals surface area contributed by atoms with Crippen LogP contribution in [0.4, 0.5) is 11.4 Å². The molecule has 1 amide bonds. The normalized spacial score (nSPS) is 10.2. The van der Waals surface area contributed by atoms with Crippen molar-refractivity contribution in [3.63, 3.8) is 0 Å². The molecule has 0 radical (unpaired) electrons. The molecule has 0 saturated carbocycles. The molecule has 0 aliphatic heterocycles. The van der Waals surface area contributed by atoms with Crippen molar-refractivity contribution in [3.05, 3.63) is 59.7 Å². The molecule has 0 aliphatic carbocycles. The average Bonchev–Trinajstić information content (AvgIpc) is 2.39. The molecule has 0 unspecified atom stereocenters. The summed E-state index contributed by atoms with van der Waals surface area (Å²) in [5, 5.41) is 2.76. The van der Waals surface area contributed by atoms with Crippen LogP contribution in [0.1, 0.15) is 18.1 Å². The Morgan fingerprint density at radius 1 is 0.947 bits per heavy atom. The maximum Gasteiger partial charge on any atom is 0.221 e. The van der Waals surface area contributed by atoms with Gasteiger partial charge in [-0.15, -0.1) is 0 Å². The topological polar surface area (TPSA) is 55.1 Å². The van der Waals surface area contributed by atoms with Gasteiger partial charge in [-0.25, -0.2) is 0 Å². The molecule has 0 aliphatic rings. The maximum atomic E-state index is 10.9. The van der Waals surface area contributed by atoms with E-state index in [0.29, 0.717) is 0 Å². The molecule has 3 nitrogen and oxygen atoms in total. The van der Waals surface area contributed by atoms with E-state index in [1.165, 1.54) is 18.1 Å². The number of nitrogens with two attached hydrogens (primary N) is 1.